The summed E-state index contributed by atoms with van der Waals surface area (Å²) in [5.41, 5.74) is 3.14. The van der Waals surface area contributed by atoms with Gasteiger partial charge >= 0.3 is 6.09 Å². The van der Waals surface area contributed by atoms with E-state index in [0.29, 0.717) is 12.4 Å². The standard InChI is InChI=1S/C37H41N5O5/c1-37(2,3)47-36(43)41(4)26-20-27(21-26)42-31-18-19-38-35(39-23-25-14-17-30(44-5)22-32(25)45-6)33(31)34(40-42)24-12-15-29(16-13-24)46-28-10-8-7-9-11-28/h7-19,22,26-27H,20-21,23H2,1-6H3,(H,38,39). The number of aromatic nitrogens is 3. The summed E-state index contributed by atoms with van der Waals surface area (Å²) in [7, 11) is 5.09. The second-order valence-electron chi connectivity index (χ2n) is 12.7. The molecule has 10 nitrogen and oxygen atoms in total. The molecular weight excluding hydrogens is 594 g/mol. The van der Waals surface area contributed by atoms with Crippen molar-refractivity contribution in [1.82, 2.24) is 19.7 Å². The summed E-state index contributed by atoms with van der Waals surface area (Å²) in [6.45, 7) is 6.12. The smallest absolute Gasteiger partial charge is 0.410 e. The number of nitrogens with one attached hydrogen (secondary N) is 1. The maximum atomic E-state index is 12.7. The molecule has 10 heteroatoms. The van der Waals surface area contributed by atoms with Gasteiger partial charge in [-0.2, -0.15) is 5.10 Å². The van der Waals surface area contributed by atoms with Crippen LogP contribution in [0.2, 0.25) is 0 Å². The monoisotopic (exact) mass is 635 g/mol. The van der Waals surface area contributed by atoms with Crippen LogP contribution in [0.5, 0.6) is 23.0 Å². The zero-order valence-electron chi connectivity index (χ0n) is 27.7. The van der Waals surface area contributed by atoms with E-state index >= 15 is 0 Å². The fourth-order valence-electron chi connectivity index (χ4n) is 5.74. The molecule has 0 unspecified atom stereocenters. The van der Waals surface area contributed by atoms with E-state index < -0.39 is 5.60 Å². The zero-order valence-corrected chi connectivity index (χ0v) is 27.7. The first-order valence-electron chi connectivity index (χ1n) is 15.7. The van der Waals surface area contributed by atoms with Gasteiger partial charge in [0, 0.05) is 43.0 Å². The summed E-state index contributed by atoms with van der Waals surface area (Å²) in [6.07, 6.45) is 3.03. The number of pyridine rings is 1. The highest BCUT2D eigenvalue weighted by Crippen LogP contribution is 2.41. The highest BCUT2D eigenvalue weighted by atomic mass is 16.6. The fourth-order valence-corrected chi connectivity index (χ4v) is 5.74. The van der Waals surface area contributed by atoms with Gasteiger partial charge in [-0.3, -0.25) is 4.68 Å². The molecule has 2 aromatic heterocycles. The van der Waals surface area contributed by atoms with Gasteiger partial charge in [0.2, 0.25) is 0 Å². The van der Waals surface area contributed by atoms with Crippen molar-refractivity contribution in [2.75, 3.05) is 26.6 Å². The van der Waals surface area contributed by atoms with E-state index in [1.54, 1.807) is 32.4 Å². The Morgan fingerprint density at radius 1 is 0.936 bits per heavy atom. The molecule has 0 saturated heterocycles. The summed E-state index contributed by atoms with van der Waals surface area (Å²) in [5, 5.41) is 9.65. The third-order valence-electron chi connectivity index (χ3n) is 8.33. The number of ether oxygens (including phenoxy) is 4. The van der Waals surface area contributed by atoms with Gasteiger partial charge in [-0.1, -0.05) is 18.2 Å². The molecule has 47 heavy (non-hydrogen) atoms. The van der Waals surface area contributed by atoms with Gasteiger partial charge < -0.3 is 29.2 Å². The molecule has 1 fully saturated rings. The highest BCUT2D eigenvalue weighted by molar-refractivity contribution is 6.01. The van der Waals surface area contributed by atoms with Crippen LogP contribution in [0.3, 0.4) is 0 Å². The topological polar surface area (TPSA) is 100.0 Å². The van der Waals surface area contributed by atoms with Gasteiger partial charge in [0.15, 0.2) is 0 Å². The number of benzene rings is 3. The van der Waals surface area contributed by atoms with Crippen LogP contribution in [-0.2, 0) is 11.3 Å². The zero-order chi connectivity index (χ0) is 33.1. The van der Waals surface area contributed by atoms with Crippen LogP contribution in [0.15, 0.2) is 85.1 Å². The van der Waals surface area contributed by atoms with Gasteiger partial charge in [-0.15, -0.1) is 0 Å². The summed E-state index contributed by atoms with van der Waals surface area (Å²) < 4.78 is 24.7. The van der Waals surface area contributed by atoms with Crippen molar-refractivity contribution in [3.8, 4) is 34.3 Å². The summed E-state index contributed by atoms with van der Waals surface area (Å²) in [4.78, 5) is 19.2. The Kier molecular flexibility index (Phi) is 8.93. The van der Waals surface area contributed by atoms with Gasteiger partial charge in [-0.05, 0) is 88.2 Å². The van der Waals surface area contributed by atoms with Crippen LogP contribution in [0.25, 0.3) is 22.2 Å². The highest BCUT2D eigenvalue weighted by Gasteiger charge is 2.38. The minimum Gasteiger partial charge on any atom is -0.497 e. The molecule has 1 aliphatic rings. The van der Waals surface area contributed by atoms with Crippen LogP contribution >= 0.6 is 0 Å². The second-order valence-corrected chi connectivity index (χ2v) is 12.7. The summed E-state index contributed by atoms with van der Waals surface area (Å²) >= 11 is 0. The Bertz CT molecular complexity index is 1840. The van der Waals surface area contributed by atoms with E-state index in [2.05, 4.69) is 10.00 Å². The molecule has 3 aromatic carbocycles. The third kappa shape index (κ3) is 6.96. The summed E-state index contributed by atoms with van der Waals surface area (Å²) in [6, 6.07) is 25.6. The molecule has 5 aromatic rings. The number of amides is 1. The number of anilines is 1. The van der Waals surface area contributed by atoms with Crippen molar-refractivity contribution < 1.29 is 23.7 Å². The number of methoxy groups -OCH3 is 2. The molecule has 6 rings (SSSR count). The molecule has 1 saturated carbocycles. The SMILES string of the molecule is COc1ccc(CNc2nccc3c2c(-c2ccc(Oc4ccccc4)cc2)nn3C2CC(N(C)C(=O)OC(C)(C)C)C2)c(OC)c1. The average molecular weight is 636 g/mol. The largest absolute Gasteiger partial charge is 0.497 e. The molecule has 0 spiro atoms. The van der Waals surface area contributed by atoms with Crippen molar-refractivity contribution in [1.29, 1.82) is 0 Å². The van der Waals surface area contributed by atoms with Crippen molar-refractivity contribution in [2.24, 2.45) is 0 Å². The van der Waals surface area contributed by atoms with E-state index in [4.69, 9.17) is 29.0 Å². The lowest BCUT2D eigenvalue weighted by Crippen LogP contribution is -2.48. The first-order valence-corrected chi connectivity index (χ1v) is 15.7. The quantitative estimate of drug-likeness (QED) is 0.164. The number of carbonyl (C=O) groups excluding carboxylic acids is 1. The maximum Gasteiger partial charge on any atom is 0.410 e. The van der Waals surface area contributed by atoms with Gasteiger partial charge in [0.1, 0.15) is 40.1 Å². The molecule has 244 valence electrons. The lowest BCUT2D eigenvalue weighted by molar-refractivity contribution is 0.00724. The van der Waals surface area contributed by atoms with Gasteiger partial charge in [0.25, 0.3) is 0 Å². The molecule has 0 bridgehead atoms. The Morgan fingerprint density at radius 2 is 1.64 bits per heavy atom. The first-order chi connectivity index (χ1) is 22.6. The van der Waals surface area contributed by atoms with E-state index in [1.807, 2.05) is 99.6 Å². The van der Waals surface area contributed by atoms with Crippen LogP contribution in [-0.4, -0.2) is 58.7 Å². The number of nitrogens with zero attached hydrogens (tertiary/aromatic N) is 4. The van der Waals surface area contributed by atoms with Crippen LogP contribution in [0.4, 0.5) is 10.6 Å². The first kappa shape index (κ1) is 31.7. The number of fused-ring (bicyclic) bond motifs is 1. The van der Waals surface area contributed by atoms with E-state index in [1.165, 1.54) is 0 Å². The third-order valence-corrected chi connectivity index (χ3v) is 8.33. The molecule has 1 aliphatic carbocycles. The Hall–Kier alpha value is -5.25. The Balaban J connectivity index is 1.31. The Labute approximate surface area is 275 Å². The predicted molar refractivity (Wildman–Crippen MR) is 182 cm³/mol. The van der Waals surface area contributed by atoms with E-state index in [-0.39, 0.29) is 18.2 Å². The molecule has 1 N–H and O–H groups in total. The minimum absolute atomic E-state index is 0.0638. The minimum atomic E-state index is -0.546. The number of carbonyl (C=O) groups is 1. The normalized spacial score (nSPS) is 15.9. The number of rotatable bonds is 10. The fraction of sp³-hybridized carbons (Fsp3) is 0.324. The average Bonchev–Trinajstić information content (AvgIpc) is 3.42. The van der Waals surface area contributed by atoms with Crippen LogP contribution < -0.4 is 19.5 Å². The maximum absolute atomic E-state index is 12.7. The van der Waals surface area contributed by atoms with Gasteiger partial charge in [0.05, 0.1) is 31.2 Å². The van der Waals surface area contributed by atoms with Crippen LogP contribution in [0.1, 0.15) is 45.2 Å². The summed E-state index contributed by atoms with van der Waals surface area (Å²) in [5.74, 6) is 3.68. The lowest BCUT2D eigenvalue weighted by atomic mass is 9.86. The second kappa shape index (κ2) is 13.2. The van der Waals surface area contributed by atoms with E-state index in [9.17, 15) is 4.79 Å². The number of hydrogen-bond acceptors (Lipinski definition) is 8. The van der Waals surface area contributed by atoms with Crippen molar-refractivity contribution in [3.05, 3.63) is 90.6 Å². The molecule has 2 heterocycles. The molecule has 0 atom stereocenters. The molecule has 0 radical (unpaired) electrons. The molecule has 0 aliphatic heterocycles. The van der Waals surface area contributed by atoms with Crippen molar-refractivity contribution in [2.45, 2.75) is 57.8 Å². The van der Waals surface area contributed by atoms with E-state index in [0.717, 1.165) is 63.6 Å². The van der Waals surface area contributed by atoms with Gasteiger partial charge in [-0.25, -0.2) is 9.78 Å². The number of hydrogen-bond donors (Lipinski definition) is 1. The lowest BCUT2D eigenvalue weighted by Gasteiger charge is -2.41. The Morgan fingerprint density at radius 3 is 2.32 bits per heavy atom. The molecular formula is C37H41N5O5. The number of para-hydroxylation sites is 1. The predicted octanol–water partition coefficient (Wildman–Crippen LogP) is 8.09. The van der Waals surface area contributed by atoms with Crippen LogP contribution in [0, 0.1) is 0 Å². The van der Waals surface area contributed by atoms with Crippen molar-refractivity contribution >= 4 is 22.8 Å². The van der Waals surface area contributed by atoms with Crippen molar-refractivity contribution in [3.63, 3.8) is 0 Å². The molecule has 1 amide bonds.